The van der Waals surface area contributed by atoms with Crippen molar-refractivity contribution < 1.29 is 19.1 Å². The highest BCUT2D eigenvalue weighted by Crippen LogP contribution is 2.18. The van der Waals surface area contributed by atoms with Crippen molar-refractivity contribution in [1.29, 1.82) is 0 Å². The number of carbonyl (C=O) groups excluding carboxylic acids is 2. The molecule has 0 aliphatic carbocycles. The zero-order valence-corrected chi connectivity index (χ0v) is 14.9. The summed E-state index contributed by atoms with van der Waals surface area (Å²) in [7, 11) is 3.14. The molecule has 1 heterocycles. The van der Waals surface area contributed by atoms with Crippen LogP contribution in [-0.4, -0.2) is 56.7 Å². The number of ether oxygens (including phenoxy) is 2. The predicted octanol–water partition coefficient (Wildman–Crippen LogP) is 0.524. The average molecular weight is 349 g/mol. The van der Waals surface area contributed by atoms with Crippen molar-refractivity contribution in [3.05, 3.63) is 29.8 Å². The summed E-state index contributed by atoms with van der Waals surface area (Å²) in [5, 5.41) is 2.97. The van der Waals surface area contributed by atoms with Crippen molar-refractivity contribution in [2.75, 3.05) is 33.9 Å². The summed E-state index contributed by atoms with van der Waals surface area (Å²) in [6.07, 6.45) is 1.31. The lowest BCUT2D eigenvalue weighted by Gasteiger charge is -2.32. The lowest BCUT2D eigenvalue weighted by atomic mass is 9.95. The smallest absolute Gasteiger partial charge is 0.241 e. The summed E-state index contributed by atoms with van der Waals surface area (Å²) < 4.78 is 10.0. The zero-order chi connectivity index (χ0) is 18.2. The molecule has 1 aromatic carbocycles. The molecule has 0 spiro atoms. The first kappa shape index (κ1) is 19.2. The van der Waals surface area contributed by atoms with E-state index < -0.39 is 6.04 Å². The zero-order valence-electron chi connectivity index (χ0n) is 14.9. The first-order valence-corrected chi connectivity index (χ1v) is 8.49. The summed E-state index contributed by atoms with van der Waals surface area (Å²) in [5.41, 5.74) is 6.80. The first-order chi connectivity index (χ1) is 12.0. The van der Waals surface area contributed by atoms with E-state index in [9.17, 15) is 9.59 Å². The largest absolute Gasteiger partial charge is 0.497 e. The summed E-state index contributed by atoms with van der Waals surface area (Å²) >= 11 is 0. The van der Waals surface area contributed by atoms with Crippen LogP contribution in [0.25, 0.3) is 0 Å². The van der Waals surface area contributed by atoms with E-state index in [0.717, 1.165) is 11.3 Å². The molecule has 1 atom stereocenters. The Morgan fingerprint density at radius 3 is 2.44 bits per heavy atom. The van der Waals surface area contributed by atoms with E-state index in [0.29, 0.717) is 32.5 Å². The number of carbonyl (C=O) groups is 2. The van der Waals surface area contributed by atoms with Crippen LogP contribution in [0, 0.1) is 5.92 Å². The minimum absolute atomic E-state index is 0.0316. The number of nitrogens with zero attached hydrogens (tertiary/aromatic N) is 1. The molecule has 1 aliphatic rings. The number of nitrogens with one attached hydrogen (secondary N) is 1. The number of hydrogen-bond acceptors (Lipinski definition) is 5. The van der Waals surface area contributed by atoms with Crippen LogP contribution in [0.15, 0.2) is 24.3 Å². The molecule has 1 aliphatic heterocycles. The van der Waals surface area contributed by atoms with E-state index in [1.807, 2.05) is 24.3 Å². The molecule has 1 saturated heterocycles. The van der Waals surface area contributed by atoms with E-state index in [1.54, 1.807) is 12.0 Å². The molecule has 2 amide bonds. The van der Waals surface area contributed by atoms with Crippen LogP contribution in [-0.2, 0) is 20.9 Å². The Hall–Kier alpha value is -2.12. The average Bonchev–Trinajstić information content (AvgIpc) is 2.66. The summed E-state index contributed by atoms with van der Waals surface area (Å²) in [4.78, 5) is 26.2. The Labute approximate surface area is 148 Å². The highest BCUT2D eigenvalue weighted by atomic mass is 16.5. The quantitative estimate of drug-likeness (QED) is 0.749. The molecule has 0 saturated carbocycles. The van der Waals surface area contributed by atoms with E-state index in [4.69, 9.17) is 15.2 Å². The molecule has 25 heavy (non-hydrogen) atoms. The van der Waals surface area contributed by atoms with Crippen LogP contribution in [0.1, 0.15) is 18.4 Å². The lowest BCUT2D eigenvalue weighted by Crippen LogP contribution is -2.50. The molecule has 7 nitrogen and oxygen atoms in total. The maximum Gasteiger partial charge on any atom is 0.241 e. The predicted molar refractivity (Wildman–Crippen MR) is 94.0 cm³/mol. The van der Waals surface area contributed by atoms with Gasteiger partial charge >= 0.3 is 0 Å². The molecule has 7 heteroatoms. The van der Waals surface area contributed by atoms with Crippen LogP contribution < -0.4 is 15.8 Å². The number of amides is 2. The van der Waals surface area contributed by atoms with Gasteiger partial charge in [-0.15, -0.1) is 0 Å². The third kappa shape index (κ3) is 5.44. The van der Waals surface area contributed by atoms with Gasteiger partial charge in [-0.2, -0.15) is 0 Å². The van der Waals surface area contributed by atoms with Crippen LogP contribution in [0.4, 0.5) is 0 Å². The molecule has 0 radical (unpaired) electrons. The number of nitrogens with two attached hydrogens (primary N) is 1. The Kier molecular flexibility index (Phi) is 7.21. The second-order valence-electron chi connectivity index (χ2n) is 6.23. The lowest BCUT2D eigenvalue weighted by molar-refractivity contribution is -0.137. The highest BCUT2D eigenvalue weighted by Gasteiger charge is 2.29. The fourth-order valence-electron chi connectivity index (χ4n) is 2.92. The Morgan fingerprint density at radius 1 is 1.24 bits per heavy atom. The number of methoxy groups -OCH3 is 2. The van der Waals surface area contributed by atoms with Crippen molar-refractivity contribution in [2.45, 2.75) is 25.4 Å². The molecule has 3 N–H and O–H groups in total. The van der Waals surface area contributed by atoms with E-state index in [2.05, 4.69) is 5.32 Å². The molecule has 0 aromatic heterocycles. The molecule has 1 unspecified atom stereocenters. The minimum Gasteiger partial charge on any atom is -0.497 e. The summed E-state index contributed by atoms with van der Waals surface area (Å²) in [5.74, 6) is 0.641. The molecule has 138 valence electrons. The van der Waals surface area contributed by atoms with Gasteiger partial charge in [0.25, 0.3) is 0 Å². The maximum absolute atomic E-state index is 12.3. The fourth-order valence-corrected chi connectivity index (χ4v) is 2.92. The van der Waals surface area contributed by atoms with Crippen molar-refractivity contribution in [1.82, 2.24) is 10.2 Å². The normalized spacial score (nSPS) is 16.4. The van der Waals surface area contributed by atoms with Crippen molar-refractivity contribution in [2.24, 2.45) is 11.7 Å². The van der Waals surface area contributed by atoms with Crippen LogP contribution in [0.5, 0.6) is 5.75 Å². The summed E-state index contributed by atoms with van der Waals surface area (Å²) in [6.45, 7) is 1.80. The van der Waals surface area contributed by atoms with Gasteiger partial charge in [-0.05, 0) is 30.5 Å². The monoisotopic (exact) mass is 349 g/mol. The molecule has 1 fully saturated rings. The van der Waals surface area contributed by atoms with Crippen LogP contribution in [0.2, 0.25) is 0 Å². The number of rotatable bonds is 7. The Bertz CT molecular complexity index is 568. The molecular weight excluding hydrogens is 322 g/mol. The van der Waals surface area contributed by atoms with Crippen molar-refractivity contribution in [3.63, 3.8) is 0 Å². The standard InChI is InChI=1S/C18H27N3O4/c1-24-12-16(19)18(23)21-9-7-14(8-10-21)17(22)20-11-13-3-5-15(25-2)6-4-13/h3-6,14,16H,7-12,19H2,1-2H3,(H,20,22). The number of piperidine rings is 1. The third-order valence-corrected chi connectivity index (χ3v) is 4.47. The SMILES string of the molecule is COCC(N)C(=O)N1CCC(C(=O)NCc2ccc(OC)cc2)CC1. The topological polar surface area (TPSA) is 93.9 Å². The van der Waals surface area contributed by atoms with E-state index >= 15 is 0 Å². The van der Waals surface area contributed by atoms with Gasteiger partial charge in [-0.1, -0.05) is 12.1 Å². The second kappa shape index (κ2) is 9.39. The molecule has 2 rings (SSSR count). The molecule has 0 bridgehead atoms. The van der Waals surface area contributed by atoms with Gasteiger partial charge in [0.15, 0.2) is 0 Å². The van der Waals surface area contributed by atoms with Gasteiger partial charge in [-0.3, -0.25) is 9.59 Å². The van der Waals surface area contributed by atoms with Gasteiger partial charge in [0, 0.05) is 32.7 Å². The van der Waals surface area contributed by atoms with E-state index in [-0.39, 0.29) is 24.3 Å². The molecular formula is C18H27N3O4. The maximum atomic E-state index is 12.3. The highest BCUT2D eigenvalue weighted by molar-refractivity contribution is 5.83. The van der Waals surface area contributed by atoms with Crippen molar-refractivity contribution >= 4 is 11.8 Å². The Balaban J connectivity index is 1.76. The second-order valence-corrected chi connectivity index (χ2v) is 6.23. The Morgan fingerprint density at radius 2 is 1.88 bits per heavy atom. The van der Waals surface area contributed by atoms with Crippen molar-refractivity contribution in [3.8, 4) is 5.75 Å². The molecule has 1 aromatic rings. The number of benzene rings is 1. The minimum atomic E-state index is -0.634. The van der Waals surface area contributed by atoms with Gasteiger partial charge < -0.3 is 25.4 Å². The van der Waals surface area contributed by atoms with Crippen LogP contribution in [0.3, 0.4) is 0 Å². The van der Waals surface area contributed by atoms with Gasteiger partial charge in [-0.25, -0.2) is 0 Å². The van der Waals surface area contributed by atoms with Gasteiger partial charge in [0.2, 0.25) is 11.8 Å². The number of likely N-dealkylation sites (tertiary alicyclic amines) is 1. The van der Waals surface area contributed by atoms with Gasteiger partial charge in [0.05, 0.1) is 13.7 Å². The van der Waals surface area contributed by atoms with Gasteiger partial charge in [0.1, 0.15) is 11.8 Å². The number of hydrogen-bond donors (Lipinski definition) is 2. The van der Waals surface area contributed by atoms with E-state index in [1.165, 1.54) is 7.11 Å². The first-order valence-electron chi connectivity index (χ1n) is 8.49. The summed E-state index contributed by atoms with van der Waals surface area (Å²) in [6, 6.07) is 6.96. The van der Waals surface area contributed by atoms with Crippen LogP contribution >= 0.6 is 0 Å². The third-order valence-electron chi connectivity index (χ3n) is 4.47. The fraction of sp³-hybridized carbons (Fsp3) is 0.556.